The van der Waals surface area contributed by atoms with Gasteiger partial charge in [0, 0.05) is 11.9 Å². The molecule has 4 nitrogen and oxygen atoms in total. The SMILES string of the molecule is CC(C)CCOc1cc(CCl)ccc1[N+](=O)[O-]. The first-order valence-electron chi connectivity index (χ1n) is 5.50. The lowest BCUT2D eigenvalue weighted by atomic mass is 10.1. The Morgan fingerprint density at radius 3 is 2.71 bits per heavy atom. The van der Waals surface area contributed by atoms with Gasteiger partial charge in [-0.1, -0.05) is 19.9 Å². The molecule has 1 rings (SSSR count). The Labute approximate surface area is 106 Å². The number of nitro benzene ring substituents is 1. The molecule has 0 aliphatic rings. The van der Waals surface area contributed by atoms with E-state index in [1.807, 2.05) is 0 Å². The summed E-state index contributed by atoms with van der Waals surface area (Å²) in [5.74, 6) is 1.12. The lowest BCUT2D eigenvalue weighted by molar-refractivity contribution is -0.385. The van der Waals surface area contributed by atoms with Gasteiger partial charge in [0.2, 0.25) is 0 Å². The number of nitrogens with zero attached hydrogens (tertiary/aromatic N) is 1. The van der Waals surface area contributed by atoms with Gasteiger partial charge in [-0.3, -0.25) is 10.1 Å². The molecule has 5 heteroatoms. The molecule has 0 radical (unpaired) electrons. The normalized spacial score (nSPS) is 10.6. The number of hydrogen-bond donors (Lipinski definition) is 0. The van der Waals surface area contributed by atoms with Crippen LogP contribution < -0.4 is 4.74 Å². The molecule has 0 fully saturated rings. The molecule has 1 aromatic rings. The lowest BCUT2D eigenvalue weighted by Gasteiger charge is -2.09. The van der Waals surface area contributed by atoms with Crippen molar-refractivity contribution in [3.63, 3.8) is 0 Å². The third-order valence-electron chi connectivity index (χ3n) is 2.33. The fourth-order valence-electron chi connectivity index (χ4n) is 1.31. The van der Waals surface area contributed by atoms with Crippen molar-refractivity contribution in [2.45, 2.75) is 26.1 Å². The Morgan fingerprint density at radius 1 is 1.47 bits per heavy atom. The van der Waals surface area contributed by atoms with Crippen LogP contribution in [-0.4, -0.2) is 11.5 Å². The Kier molecular flexibility index (Phi) is 5.22. The second kappa shape index (κ2) is 6.45. The summed E-state index contributed by atoms with van der Waals surface area (Å²) in [6.07, 6.45) is 0.863. The van der Waals surface area contributed by atoms with E-state index in [2.05, 4.69) is 13.8 Å². The summed E-state index contributed by atoms with van der Waals surface area (Å²) >= 11 is 5.69. The van der Waals surface area contributed by atoms with Crippen molar-refractivity contribution in [1.29, 1.82) is 0 Å². The maximum atomic E-state index is 10.8. The smallest absolute Gasteiger partial charge is 0.310 e. The monoisotopic (exact) mass is 257 g/mol. The van der Waals surface area contributed by atoms with E-state index >= 15 is 0 Å². The first kappa shape index (κ1) is 13.8. The topological polar surface area (TPSA) is 52.4 Å². The molecule has 1 aromatic carbocycles. The largest absolute Gasteiger partial charge is 0.487 e. The highest BCUT2D eigenvalue weighted by Crippen LogP contribution is 2.28. The Morgan fingerprint density at radius 2 is 2.18 bits per heavy atom. The van der Waals surface area contributed by atoms with E-state index in [-0.39, 0.29) is 5.69 Å². The third kappa shape index (κ3) is 4.23. The highest BCUT2D eigenvalue weighted by molar-refractivity contribution is 6.17. The predicted octanol–water partition coefficient (Wildman–Crippen LogP) is 3.76. The second-order valence-corrected chi connectivity index (χ2v) is 4.49. The van der Waals surface area contributed by atoms with Crippen molar-refractivity contribution in [2.24, 2.45) is 5.92 Å². The minimum absolute atomic E-state index is 0.0115. The van der Waals surface area contributed by atoms with Gasteiger partial charge in [0.15, 0.2) is 5.75 Å². The molecule has 0 heterocycles. The van der Waals surface area contributed by atoms with Crippen LogP contribution in [0, 0.1) is 16.0 Å². The maximum absolute atomic E-state index is 10.8. The Hall–Kier alpha value is -1.29. The Balaban J connectivity index is 2.82. The molecule has 0 unspecified atom stereocenters. The van der Waals surface area contributed by atoms with Crippen LogP contribution in [-0.2, 0) is 5.88 Å². The first-order chi connectivity index (χ1) is 8.04. The van der Waals surface area contributed by atoms with Crippen molar-refractivity contribution in [3.8, 4) is 5.75 Å². The van der Waals surface area contributed by atoms with E-state index in [9.17, 15) is 10.1 Å². The van der Waals surface area contributed by atoms with E-state index in [1.54, 1.807) is 12.1 Å². The molecular formula is C12H16ClNO3. The third-order valence-corrected chi connectivity index (χ3v) is 2.64. The van der Waals surface area contributed by atoms with Gasteiger partial charge >= 0.3 is 5.69 Å². The number of hydrogen-bond acceptors (Lipinski definition) is 3. The molecule has 0 N–H and O–H groups in total. The summed E-state index contributed by atoms with van der Waals surface area (Å²) < 4.78 is 5.45. The van der Waals surface area contributed by atoms with Gasteiger partial charge in [0.1, 0.15) is 0 Å². The average molecular weight is 258 g/mol. The van der Waals surface area contributed by atoms with E-state index in [1.165, 1.54) is 6.07 Å². The highest BCUT2D eigenvalue weighted by atomic mass is 35.5. The summed E-state index contributed by atoms with van der Waals surface area (Å²) in [5.41, 5.74) is 0.805. The minimum atomic E-state index is -0.442. The van der Waals surface area contributed by atoms with Crippen molar-refractivity contribution < 1.29 is 9.66 Å². The van der Waals surface area contributed by atoms with Crippen LogP contribution in [0.4, 0.5) is 5.69 Å². The highest BCUT2D eigenvalue weighted by Gasteiger charge is 2.15. The minimum Gasteiger partial charge on any atom is -0.487 e. The second-order valence-electron chi connectivity index (χ2n) is 4.22. The molecule has 0 amide bonds. The number of benzene rings is 1. The van der Waals surface area contributed by atoms with Gasteiger partial charge in [-0.2, -0.15) is 0 Å². The number of nitro groups is 1. The van der Waals surface area contributed by atoms with E-state index < -0.39 is 4.92 Å². The van der Waals surface area contributed by atoms with Crippen LogP contribution in [0.1, 0.15) is 25.8 Å². The standard InChI is InChI=1S/C12H16ClNO3/c1-9(2)5-6-17-12-7-10(8-13)3-4-11(12)14(15)16/h3-4,7,9H,5-6,8H2,1-2H3. The van der Waals surface area contributed by atoms with Gasteiger partial charge in [0.25, 0.3) is 0 Å². The summed E-state index contributed by atoms with van der Waals surface area (Å²) in [6, 6.07) is 4.70. The zero-order valence-electron chi connectivity index (χ0n) is 9.98. The van der Waals surface area contributed by atoms with E-state index in [0.29, 0.717) is 24.2 Å². The van der Waals surface area contributed by atoms with Gasteiger partial charge in [0.05, 0.1) is 11.5 Å². The molecule has 0 atom stereocenters. The molecule has 0 aliphatic heterocycles. The molecule has 0 aliphatic carbocycles. The van der Waals surface area contributed by atoms with Crippen LogP contribution in [0.2, 0.25) is 0 Å². The number of halogens is 1. The van der Waals surface area contributed by atoms with Crippen molar-refractivity contribution in [3.05, 3.63) is 33.9 Å². The van der Waals surface area contributed by atoms with Crippen LogP contribution >= 0.6 is 11.6 Å². The zero-order chi connectivity index (χ0) is 12.8. The van der Waals surface area contributed by atoms with E-state index in [4.69, 9.17) is 16.3 Å². The predicted molar refractivity (Wildman–Crippen MR) is 67.6 cm³/mol. The number of ether oxygens (including phenoxy) is 1. The van der Waals surface area contributed by atoms with Crippen LogP contribution in [0.5, 0.6) is 5.75 Å². The van der Waals surface area contributed by atoms with Gasteiger partial charge in [-0.05, 0) is 24.0 Å². The summed E-state index contributed by atoms with van der Waals surface area (Å²) in [7, 11) is 0. The molecule has 0 bridgehead atoms. The van der Waals surface area contributed by atoms with Gasteiger partial charge in [-0.25, -0.2) is 0 Å². The molecule has 17 heavy (non-hydrogen) atoms. The van der Waals surface area contributed by atoms with Crippen LogP contribution in [0.15, 0.2) is 18.2 Å². The van der Waals surface area contributed by atoms with Gasteiger partial charge in [-0.15, -0.1) is 11.6 Å². The first-order valence-corrected chi connectivity index (χ1v) is 6.04. The lowest BCUT2D eigenvalue weighted by Crippen LogP contribution is -2.03. The fraction of sp³-hybridized carbons (Fsp3) is 0.500. The van der Waals surface area contributed by atoms with Crippen LogP contribution in [0.3, 0.4) is 0 Å². The number of rotatable bonds is 6. The summed E-state index contributed by atoms with van der Waals surface area (Å²) in [6.45, 7) is 4.63. The molecule has 0 saturated carbocycles. The summed E-state index contributed by atoms with van der Waals surface area (Å²) in [5, 5.41) is 10.8. The molecule has 0 spiro atoms. The molecule has 0 aromatic heterocycles. The molecule has 0 saturated heterocycles. The molecular weight excluding hydrogens is 242 g/mol. The van der Waals surface area contributed by atoms with Crippen molar-refractivity contribution in [1.82, 2.24) is 0 Å². The van der Waals surface area contributed by atoms with Crippen molar-refractivity contribution in [2.75, 3.05) is 6.61 Å². The summed E-state index contributed by atoms with van der Waals surface area (Å²) in [4.78, 5) is 10.4. The fourth-order valence-corrected chi connectivity index (χ4v) is 1.48. The van der Waals surface area contributed by atoms with Crippen molar-refractivity contribution >= 4 is 17.3 Å². The quantitative estimate of drug-likeness (QED) is 0.443. The Bertz CT molecular complexity index is 393. The van der Waals surface area contributed by atoms with Crippen LogP contribution in [0.25, 0.3) is 0 Å². The zero-order valence-corrected chi connectivity index (χ0v) is 10.7. The van der Waals surface area contributed by atoms with E-state index in [0.717, 1.165) is 12.0 Å². The average Bonchev–Trinajstić information content (AvgIpc) is 2.28. The number of alkyl halides is 1. The molecule has 94 valence electrons. The maximum Gasteiger partial charge on any atom is 0.310 e. The van der Waals surface area contributed by atoms with Gasteiger partial charge < -0.3 is 4.74 Å².